The second-order valence-corrected chi connectivity index (χ2v) is 2.98. The summed E-state index contributed by atoms with van der Waals surface area (Å²) in [4.78, 5) is 11.0. The van der Waals surface area contributed by atoms with Gasteiger partial charge in [0.1, 0.15) is 0 Å². The van der Waals surface area contributed by atoms with Gasteiger partial charge in [0.25, 0.3) is 0 Å². The van der Waals surface area contributed by atoms with Crippen molar-refractivity contribution in [3.8, 4) is 0 Å². The van der Waals surface area contributed by atoms with Crippen LogP contribution in [0, 0.1) is 0 Å². The van der Waals surface area contributed by atoms with Gasteiger partial charge in [0, 0.05) is 11.3 Å². The van der Waals surface area contributed by atoms with Gasteiger partial charge in [-0.3, -0.25) is 4.79 Å². The standard InChI is InChI=1S/C11H13NO2/c1-8(14)10-5-4-9(3-2-6-13)11(12)7-10/h2-5,7,13H,6,12H2,1H3. The van der Waals surface area contributed by atoms with E-state index >= 15 is 0 Å². The Hall–Kier alpha value is -1.61. The molecule has 0 radical (unpaired) electrons. The molecule has 0 atom stereocenters. The number of aliphatic hydroxyl groups excluding tert-OH is 1. The van der Waals surface area contributed by atoms with E-state index in [0.717, 1.165) is 5.56 Å². The average Bonchev–Trinajstić information content (AvgIpc) is 2.15. The molecule has 0 saturated heterocycles. The molecule has 0 amide bonds. The topological polar surface area (TPSA) is 63.3 Å². The first-order chi connectivity index (χ1) is 6.65. The normalized spacial score (nSPS) is 10.7. The van der Waals surface area contributed by atoms with Crippen molar-refractivity contribution >= 4 is 17.5 Å². The number of hydrogen-bond acceptors (Lipinski definition) is 3. The zero-order valence-corrected chi connectivity index (χ0v) is 8.03. The Morgan fingerprint density at radius 1 is 1.57 bits per heavy atom. The SMILES string of the molecule is CC(=O)c1ccc(C=CCO)c(N)c1. The Kier molecular flexibility index (Phi) is 3.42. The number of ketones is 1. The predicted octanol–water partition coefficient (Wildman–Crippen LogP) is 1.48. The van der Waals surface area contributed by atoms with Gasteiger partial charge in [-0.25, -0.2) is 0 Å². The van der Waals surface area contributed by atoms with Crippen LogP contribution in [0.3, 0.4) is 0 Å². The number of hydrogen-bond donors (Lipinski definition) is 2. The predicted molar refractivity (Wildman–Crippen MR) is 57.0 cm³/mol. The van der Waals surface area contributed by atoms with Crippen molar-refractivity contribution in [1.29, 1.82) is 0 Å². The molecule has 3 N–H and O–H groups in total. The Morgan fingerprint density at radius 2 is 2.29 bits per heavy atom. The second kappa shape index (κ2) is 4.58. The lowest BCUT2D eigenvalue weighted by Crippen LogP contribution is -1.96. The first-order valence-electron chi connectivity index (χ1n) is 4.33. The van der Waals surface area contributed by atoms with Crippen molar-refractivity contribution in [3.05, 3.63) is 35.4 Å². The van der Waals surface area contributed by atoms with Gasteiger partial charge in [0.05, 0.1) is 6.61 Å². The molecule has 0 fully saturated rings. The minimum atomic E-state index is -0.0199. The molecule has 0 heterocycles. The molecular weight excluding hydrogens is 178 g/mol. The Balaban J connectivity index is 3.01. The van der Waals surface area contributed by atoms with E-state index < -0.39 is 0 Å². The van der Waals surface area contributed by atoms with E-state index in [0.29, 0.717) is 11.3 Å². The second-order valence-electron chi connectivity index (χ2n) is 2.98. The van der Waals surface area contributed by atoms with Gasteiger partial charge >= 0.3 is 0 Å². The number of anilines is 1. The first kappa shape index (κ1) is 10.5. The molecular formula is C11H13NO2. The minimum Gasteiger partial charge on any atom is -0.398 e. The van der Waals surface area contributed by atoms with Crippen LogP contribution in [0.4, 0.5) is 5.69 Å². The molecule has 0 unspecified atom stereocenters. The Bertz CT molecular complexity index is 370. The van der Waals surface area contributed by atoms with E-state index in [1.807, 2.05) is 0 Å². The highest BCUT2D eigenvalue weighted by Gasteiger charge is 2.01. The van der Waals surface area contributed by atoms with Crippen molar-refractivity contribution in [2.45, 2.75) is 6.92 Å². The van der Waals surface area contributed by atoms with E-state index in [1.165, 1.54) is 6.92 Å². The minimum absolute atomic E-state index is 0.00520. The number of aliphatic hydroxyl groups is 1. The summed E-state index contributed by atoms with van der Waals surface area (Å²) < 4.78 is 0. The van der Waals surface area contributed by atoms with Crippen LogP contribution in [0.25, 0.3) is 6.08 Å². The highest BCUT2D eigenvalue weighted by Crippen LogP contribution is 2.16. The molecule has 74 valence electrons. The van der Waals surface area contributed by atoms with Crippen LogP contribution in [-0.2, 0) is 0 Å². The van der Waals surface area contributed by atoms with Gasteiger partial charge in [-0.05, 0) is 18.6 Å². The monoisotopic (exact) mass is 191 g/mol. The smallest absolute Gasteiger partial charge is 0.159 e. The number of rotatable bonds is 3. The van der Waals surface area contributed by atoms with E-state index in [9.17, 15) is 4.79 Å². The Morgan fingerprint density at radius 3 is 2.79 bits per heavy atom. The number of carbonyl (C=O) groups is 1. The number of Topliss-reactive ketones (excluding diaryl/α,β-unsaturated/α-hetero) is 1. The molecule has 0 bridgehead atoms. The fourth-order valence-corrected chi connectivity index (χ4v) is 1.13. The van der Waals surface area contributed by atoms with E-state index in [4.69, 9.17) is 10.8 Å². The molecule has 1 aromatic carbocycles. The van der Waals surface area contributed by atoms with Crippen LogP contribution in [0.5, 0.6) is 0 Å². The van der Waals surface area contributed by atoms with Crippen LogP contribution in [0.15, 0.2) is 24.3 Å². The third-order valence-electron chi connectivity index (χ3n) is 1.90. The number of nitrogens with two attached hydrogens (primary N) is 1. The molecule has 1 aromatic rings. The van der Waals surface area contributed by atoms with Crippen LogP contribution in [0.2, 0.25) is 0 Å². The van der Waals surface area contributed by atoms with Crippen molar-refractivity contribution in [2.24, 2.45) is 0 Å². The molecule has 0 aliphatic carbocycles. The van der Waals surface area contributed by atoms with Crippen molar-refractivity contribution < 1.29 is 9.90 Å². The van der Waals surface area contributed by atoms with E-state index in [2.05, 4.69) is 0 Å². The molecule has 0 aromatic heterocycles. The van der Waals surface area contributed by atoms with Gasteiger partial charge < -0.3 is 10.8 Å². The van der Waals surface area contributed by atoms with Crippen LogP contribution < -0.4 is 5.73 Å². The van der Waals surface area contributed by atoms with Gasteiger partial charge in [0.15, 0.2) is 5.78 Å². The summed E-state index contributed by atoms with van der Waals surface area (Å²) >= 11 is 0. The van der Waals surface area contributed by atoms with Crippen LogP contribution in [0.1, 0.15) is 22.8 Å². The summed E-state index contributed by atoms with van der Waals surface area (Å²) in [7, 11) is 0. The molecule has 0 aliphatic heterocycles. The maximum Gasteiger partial charge on any atom is 0.159 e. The molecule has 1 rings (SSSR count). The molecule has 3 heteroatoms. The molecule has 14 heavy (non-hydrogen) atoms. The molecule has 0 saturated carbocycles. The maximum atomic E-state index is 11.0. The van der Waals surface area contributed by atoms with Crippen molar-refractivity contribution in [2.75, 3.05) is 12.3 Å². The summed E-state index contributed by atoms with van der Waals surface area (Å²) in [6.45, 7) is 1.48. The summed E-state index contributed by atoms with van der Waals surface area (Å²) in [6, 6.07) is 5.12. The summed E-state index contributed by atoms with van der Waals surface area (Å²) in [5.74, 6) is -0.00520. The van der Waals surface area contributed by atoms with Crippen LogP contribution in [-0.4, -0.2) is 17.5 Å². The highest BCUT2D eigenvalue weighted by molar-refractivity contribution is 5.95. The maximum absolute atomic E-state index is 11.0. The average molecular weight is 191 g/mol. The number of benzene rings is 1. The van der Waals surface area contributed by atoms with Gasteiger partial charge in [-0.15, -0.1) is 0 Å². The van der Waals surface area contributed by atoms with Gasteiger partial charge in [-0.1, -0.05) is 24.3 Å². The third kappa shape index (κ3) is 2.44. The molecule has 0 spiro atoms. The molecule has 3 nitrogen and oxygen atoms in total. The fourth-order valence-electron chi connectivity index (χ4n) is 1.13. The van der Waals surface area contributed by atoms with E-state index in [-0.39, 0.29) is 12.4 Å². The first-order valence-corrected chi connectivity index (χ1v) is 4.33. The highest BCUT2D eigenvalue weighted by atomic mass is 16.2. The lowest BCUT2D eigenvalue weighted by molar-refractivity contribution is 0.101. The summed E-state index contributed by atoms with van der Waals surface area (Å²) in [5.41, 5.74) is 7.67. The Labute approximate surface area is 82.9 Å². The zero-order chi connectivity index (χ0) is 10.6. The lowest BCUT2D eigenvalue weighted by Gasteiger charge is -2.02. The van der Waals surface area contributed by atoms with Crippen molar-refractivity contribution in [3.63, 3.8) is 0 Å². The summed E-state index contributed by atoms with van der Waals surface area (Å²) in [6.07, 6.45) is 3.32. The zero-order valence-electron chi connectivity index (χ0n) is 8.03. The van der Waals surface area contributed by atoms with Crippen molar-refractivity contribution in [1.82, 2.24) is 0 Å². The third-order valence-corrected chi connectivity index (χ3v) is 1.90. The van der Waals surface area contributed by atoms with E-state index in [1.54, 1.807) is 30.4 Å². The summed E-state index contributed by atoms with van der Waals surface area (Å²) in [5, 5.41) is 8.58. The fraction of sp³-hybridized carbons (Fsp3) is 0.182. The van der Waals surface area contributed by atoms with Gasteiger partial charge in [0.2, 0.25) is 0 Å². The lowest BCUT2D eigenvalue weighted by atomic mass is 10.1. The number of nitrogen functional groups attached to an aromatic ring is 1. The van der Waals surface area contributed by atoms with Crippen LogP contribution >= 0.6 is 0 Å². The molecule has 0 aliphatic rings. The largest absolute Gasteiger partial charge is 0.398 e. The quantitative estimate of drug-likeness (QED) is 0.561. The van der Waals surface area contributed by atoms with Gasteiger partial charge in [-0.2, -0.15) is 0 Å². The number of carbonyl (C=O) groups excluding carboxylic acids is 1.